The van der Waals surface area contributed by atoms with Gasteiger partial charge in [-0.3, -0.25) is 4.90 Å². The van der Waals surface area contributed by atoms with E-state index in [0.717, 1.165) is 47.9 Å². The van der Waals surface area contributed by atoms with Crippen LogP contribution in [0.15, 0.2) is 120 Å². The number of rotatable bonds is 22. The number of hydrogen-bond donors (Lipinski definition) is 2. The number of hydrogen-bond acceptors (Lipinski definition) is 10. The van der Waals surface area contributed by atoms with Gasteiger partial charge in [0.1, 0.15) is 42.8 Å². The number of aliphatic hydroxyl groups excluding tert-OH is 2. The number of aliphatic hydroxyl groups is 2. The van der Waals surface area contributed by atoms with Crippen LogP contribution >= 0.6 is 0 Å². The van der Waals surface area contributed by atoms with Crippen molar-refractivity contribution >= 4 is 11.8 Å². The molecule has 1 heterocycles. The van der Waals surface area contributed by atoms with Gasteiger partial charge in [0.25, 0.3) is 0 Å². The first-order chi connectivity index (χ1) is 31.7. The fourth-order valence-corrected chi connectivity index (χ4v) is 9.86. The molecule has 0 aromatic heterocycles. The molecule has 346 valence electrons. The van der Waals surface area contributed by atoms with Crippen molar-refractivity contribution in [2.45, 2.75) is 89.7 Å². The highest BCUT2D eigenvalue weighted by Gasteiger charge is 2.65. The summed E-state index contributed by atoms with van der Waals surface area (Å²) in [6, 6.07) is 26.9. The van der Waals surface area contributed by atoms with E-state index in [2.05, 4.69) is 37.7 Å². The predicted molar refractivity (Wildman–Crippen MR) is 247 cm³/mol. The second-order valence-corrected chi connectivity index (χ2v) is 17.2. The molecule has 3 aliphatic rings. The summed E-state index contributed by atoms with van der Waals surface area (Å²) in [6.45, 7) is 8.94. The molecule has 1 fully saturated rings. The quantitative estimate of drug-likeness (QED) is 0.0450. The highest BCUT2D eigenvalue weighted by atomic mass is 19.1. The van der Waals surface area contributed by atoms with E-state index in [0.29, 0.717) is 48.0 Å². The molecule has 0 unspecified atom stereocenters. The fraction of sp³-hybridized carbons (Fsp3) is 0.434. The van der Waals surface area contributed by atoms with Gasteiger partial charge in [0.2, 0.25) is 5.79 Å². The number of unbranched alkanes of at least 4 members (excludes halogenated alkanes) is 2. The van der Waals surface area contributed by atoms with Crippen LogP contribution in [-0.4, -0.2) is 78.9 Å². The van der Waals surface area contributed by atoms with Gasteiger partial charge in [-0.15, -0.1) is 6.58 Å². The molecule has 1 saturated carbocycles. The summed E-state index contributed by atoms with van der Waals surface area (Å²) in [5.41, 5.74) is 6.43. The molecule has 0 spiro atoms. The number of benzene rings is 4. The molecule has 11 nitrogen and oxygen atoms in total. The van der Waals surface area contributed by atoms with Crippen molar-refractivity contribution < 1.29 is 47.9 Å². The number of halogens is 1. The Hall–Kier alpha value is -5.53. The lowest BCUT2D eigenvalue weighted by Gasteiger charge is -2.59. The monoisotopic (exact) mass is 890 g/mol. The van der Waals surface area contributed by atoms with Crippen molar-refractivity contribution in [2.75, 3.05) is 40.1 Å². The summed E-state index contributed by atoms with van der Waals surface area (Å²) in [6.07, 6.45) is 7.97. The van der Waals surface area contributed by atoms with E-state index < -0.39 is 29.7 Å². The Morgan fingerprint density at radius 2 is 1.65 bits per heavy atom. The lowest BCUT2D eigenvalue weighted by atomic mass is 9.55. The molecular formula is C53H63FN2O9. The van der Waals surface area contributed by atoms with Gasteiger partial charge < -0.3 is 38.7 Å². The topological polar surface area (TPSA) is 129 Å². The Balaban J connectivity index is 1.36. The number of aryl methyl sites for hydroxylation is 2. The van der Waals surface area contributed by atoms with Crippen molar-refractivity contribution in [3.63, 3.8) is 0 Å². The smallest absolute Gasteiger partial charge is 0.410 e. The first-order valence-electron chi connectivity index (χ1n) is 22.9. The zero-order chi connectivity index (χ0) is 45.8. The SMILES string of the molecule is C=CCO[C@@]12Oc3ccc(Oc4ccc(C)c(C)c4)cc3[C@H]3[C@H](CCCCO)[C@@H](CCCCO)C=C(C(=NOC)C[C@@H]1N(Cc1ccc(F)cc1)C(=O)OCCOCc1ccccc1)[C@H]32. The van der Waals surface area contributed by atoms with Gasteiger partial charge in [0.15, 0.2) is 0 Å². The van der Waals surface area contributed by atoms with E-state index in [1.54, 1.807) is 23.1 Å². The summed E-state index contributed by atoms with van der Waals surface area (Å²) in [7, 11) is 1.51. The number of oxime groups is 1. The second kappa shape index (κ2) is 22.6. The van der Waals surface area contributed by atoms with Gasteiger partial charge in [0.05, 0.1) is 31.5 Å². The average molecular weight is 891 g/mol. The molecule has 6 atom stereocenters. The minimum atomic E-state index is -1.52. The van der Waals surface area contributed by atoms with Gasteiger partial charge >= 0.3 is 6.09 Å². The zero-order valence-corrected chi connectivity index (χ0v) is 37.8. The number of amides is 1. The number of carbonyl (C=O) groups is 1. The lowest BCUT2D eigenvalue weighted by molar-refractivity contribution is -0.256. The second-order valence-electron chi connectivity index (χ2n) is 17.2. The minimum absolute atomic E-state index is 0.0158. The Morgan fingerprint density at radius 1 is 0.908 bits per heavy atom. The maximum Gasteiger partial charge on any atom is 0.410 e. The highest BCUT2D eigenvalue weighted by Crippen LogP contribution is 2.62. The number of fused-ring (bicyclic) bond motifs is 2. The normalized spacial score (nSPS) is 22.5. The predicted octanol–water partition coefficient (Wildman–Crippen LogP) is 10.4. The average Bonchev–Trinajstić information content (AvgIpc) is 3.31. The Labute approximate surface area is 382 Å². The Kier molecular flexibility index (Phi) is 16.5. The van der Waals surface area contributed by atoms with Gasteiger partial charge in [-0.05, 0) is 122 Å². The largest absolute Gasteiger partial charge is 0.459 e. The molecule has 7 rings (SSSR count). The first kappa shape index (κ1) is 47.4. The number of ether oxygens (including phenoxy) is 5. The van der Waals surface area contributed by atoms with Gasteiger partial charge in [0, 0.05) is 37.7 Å². The van der Waals surface area contributed by atoms with Crippen LogP contribution in [0.5, 0.6) is 17.2 Å². The molecule has 4 aromatic carbocycles. The molecule has 2 aliphatic carbocycles. The summed E-state index contributed by atoms with van der Waals surface area (Å²) in [4.78, 5) is 22.0. The number of carbonyl (C=O) groups excluding carboxylic acids is 1. The van der Waals surface area contributed by atoms with E-state index in [1.165, 1.54) is 24.8 Å². The third-order valence-electron chi connectivity index (χ3n) is 13.0. The summed E-state index contributed by atoms with van der Waals surface area (Å²) in [5, 5.41) is 24.6. The fourth-order valence-electron chi connectivity index (χ4n) is 9.86. The third-order valence-corrected chi connectivity index (χ3v) is 13.0. The van der Waals surface area contributed by atoms with E-state index in [1.807, 2.05) is 60.7 Å². The van der Waals surface area contributed by atoms with Gasteiger partial charge in [-0.25, -0.2) is 9.18 Å². The molecule has 65 heavy (non-hydrogen) atoms. The zero-order valence-electron chi connectivity index (χ0n) is 37.8. The molecule has 0 bridgehead atoms. The van der Waals surface area contributed by atoms with Crippen molar-refractivity contribution in [3.8, 4) is 17.2 Å². The van der Waals surface area contributed by atoms with Crippen LogP contribution in [0.25, 0.3) is 0 Å². The maximum absolute atomic E-state index is 14.8. The summed E-state index contributed by atoms with van der Waals surface area (Å²) < 4.78 is 47.3. The van der Waals surface area contributed by atoms with Crippen LogP contribution < -0.4 is 9.47 Å². The van der Waals surface area contributed by atoms with Crippen LogP contribution in [0.3, 0.4) is 0 Å². The van der Waals surface area contributed by atoms with Crippen molar-refractivity contribution in [2.24, 2.45) is 22.9 Å². The molecular weight excluding hydrogens is 828 g/mol. The molecule has 0 radical (unpaired) electrons. The van der Waals surface area contributed by atoms with Crippen LogP contribution in [-0.2, 0) is 32.2 Å². The molecule has 0 saturated heterocycles. The van der Waals surface area contributed by atoms with Crippen molar-refractivity contribution in [1.29, 1.82) is 0 Å². The highest BCUT2D eigenvalue weighted by molar-refractivity contribution is 6.03. The number of allylic oxidation sites excluding steroid dienone is 1. The maximum atomic E-state index is 14.8. The molecule has 4 aromatic rings. The Morgan fingerprint density at radius 3 is 2.37 bits per heavy atom. The van der Waals surface area contributed by atoms with Crippen LogP contribution in [0.1, 0.15) is 78.7 Å². The first-order valence-corrected chi connectivity index (χ1v) is 22.9. The lowest BCUT2D eigenvalue weighted by Crippen LogP contribution is -2.70. The van der Waals surface area contributed by atoms with E-state index in [9.17, 15) is 19.4 Å². The number of nitrogens with zero attached hydrogens (tertiary/aromatic N) is 2. The molecule has 1 amide bonds. The molecule has 1 aliphatic heterocycles. The van der Waals surface area contributed by atoms with Crippen molar-refractivity contribution in [1.82, 2.24) is 4.90 Å². The van der Waals surface area contributed by atoms with Crippen LogP contribution in [0.2, 0.25) is 0 Å². The van der Waals surface area contributed by atoms with E-state index in [-0.39, 0.29) is 63.8 Å². The van der Waals surface area contributed by atoms with Gasteiger partial charge in [-0.1, -0.05) is 78.7 Å². The van der Waals surface area contributed by atoms with Crippen LogP contribution in [0, 0.1) is 37.4 Å². The van der Waals surface area contributed by atoms with Crippen LogP contribution in [0.4, 0.5) is 9.18 Å². The third kappa shape index (κ3) is 11.1. The van der Waals surface area contributed by atoms with E-state index in [4.69, 9.17) is 28.5 Å². The standard InChI is InChI=1S/C53H63FN2O9/c1-5-27-63-53-49(56(34-38-18-20-41(54)21-19-38)52(59)62-29-28-61-35-39-13-7-6-8-14-39)33-47(55-60-4)45-31-40(15-9-11-25-57)44(16-10-12-26-58)50(51(45)53)46-32-43(23-24-48(46)65-53)64-42-22-17-36(2)37(3)30-42/h5-8,13-14,17-24,30-32,40,44,49-51,57-58H,1,9-12,15-16,25-29,33-35H2,2-4H3/t40-,44+,49-,50+,51+,53+/m0/s1. The summed E-state index contributed by atoms with van der Waals surface area (Å²) in [5.74, 6) is -0.694. The van der Waals surface area contributed by atoms with Crippen molar-refractivity contribution in [3.05, 3.63) is 149 Å². The minimum Gasteiger partial charge on any atom is -0.459 e. The Bertz CT molecular complexity index is 2270. The summed E-state index contributed by atoms with van der Waals surface area (Å²) >= 11 is 0. The van der Waals surface area contributed by atoms with Gasteiger partial charge in [-0.2, -0.15) is 0 Å². The molecule has 12 heteroatoms. The molecule has 2 N–H and O–H groups in total. The van der Waals surface area contributed by atoms with E-state index >= 15 is 0 Å².